The molecule has 0 fully saturated rings. The lowest BCUT2D eigenvalue weighted by molar-refractivity contribution is 0.112. The van der Waals surface area contributed by atoms with Crippen LogP contribution in [0.5, 0.6) is 5.75 Å². The van der Waals surface area contributed by atoms with Gasteiger partial charge in [0.05, 0.1) is 43.6 Å². The first-order valence-corrected chi connectivity index (χ1v) is 17.8. The molecule has 0 saturated carbocycles. The minimum absolute atomic E-state index is 0.0390. The Kier molecular flexibility index (Phi) is 8.73. The van der Waals surface area contributed by atoms with Gasteiger partial charge < -0.3 is 20.2 Å². The van der Waals surface area contributed by atoms with Crippen LogP contribution < -0.4 is 16.1 Å². The molecule has 10 heteroatoms. The molecule has 53 heavy (non-hydrogen) atoms. The molecule has 2 aliphatic rings. The summed E-state index contributed by atoms with van der Waals surface area (Å²) in [6.45, 7) is 5.88. The van der Waals surface area contributed by atoms with E-state index in [9.17, 15) is 14.7 Å². The average Bonchev–Trinajstić information content (AvgIpc) is 3.15. The van der Waals surface area contributed by atoms with Crippen molar-refractivity contribution < 1.29 is 14.3 Å². The number of fused-ring (bicyclic) bond motifs is 4. The summed E-state index contributed by atoms with van der Waals surface area (Å²) in [5.74, 6) is 0.367. The smallest absolute Gasteiger partial charge is 0.187 e. The summed E-state index contributed by atoms with van der Waals surface area (Å²) in [7, 11) is 0. The summed E-state index contributed by atoms with van der Waals surface area (Å²) in [6.07, 6.45) is 0.818. The van der Waals surface area contributed by atoms with Gasteiger partial charge in [0.2, 0.25) is 0 Å². The van der Waals surface area contributed by atoms with Gasteiger partial charge in [0.1, 0.15) is 17.1 Å². The van der Waals surface area contributed by atoms with Crippen molar-refractivity contribution in [2.24, 2.45) is 0 Å². The summed E-state index contributed by atoms with van der Waals surface area (Å²) in [6, 6.07) is 27.4. The Morgan fingerprint density at radius 2 is 1.32 bits per heavy atom. The first-order chi connectivity index (χ1) is 25.6. The number of nitrogens with one attached hydrogen (secondary N) is 2. The fourth-order valence-electron chi connectivity index (χ4n) is 6.99. The third-order valence-electron chi connectivity index (χ3n) is 9.65. The summed E-state index contributed by atoms with van der Waals surface area (Å²) >= 11 is 13.0. The number of halogens is 2. The standard InChI is InChI=1S/C43H32Cl2N4O4/c1-22-18-30-38(26-7-5-4-6-25(26)21-50)29-12-17-37(51)31(19-46-35-15-13-33(44)27-10-8-23(2)48-39(27)35)42(29)53-43(30)32(41(22)52)20-47-36-16-14-34(45)28-11-9-24(3)49-40(28)36/h4-18,21,46-47,52H,19-20H2,1-3H3. The van der Waals surface area contributed by atoms with E-state index in [1.165, 1.54) is 6.07 Å². The topological polar surface area (TPSA) is 117 Å². The fourth-order valence-corrected chi connectivity index (χ4v) is 7.42. The number of rotatable bonds is 8. The van der Waals surface area contributed by atoms with Crippen LogP contribution in [0.4, 0.5) is 11.4 Å². The zero-order valence-electron chi connectivity index (χ0n) is 29.0. The van der Waals surface area contributed by atoms with Crippen molar-refractivity contribution in [2.45, 2.75) is 33.9 Å². The molecule has 4 aromatic carbocycles. The number of hydrogen-bond acceptors (Lipinski definition) is 8. The van der Waals surface area contributed by atoms with Crippen molar-refractivity contribution >= 4 is 73.6 Å². The number of aromatic nitrogens is 2. The van der Waals surface area contributed by atoms with E-state index < -0.39 is 0 Å². The maximum absolute atomic E-state index is 13.8. The van der Waals surface area contributed by atoms with E-state index in [0.29, 0.717) is 82.4 Å². The van der Waals surface area contributed by atoms with Crippen molar-refractivity contribution in [3.63, 3.8) is 0 Å². The number of benzene rings is 5. The maximum atomic E-state index is 13.8. The molecule has 0 atom stereocenters. The van der Waals surface area contributed by atoms with Crippen molar-refractivity contribution in [1.29, 1.82) is 0 Å². The lowest BCUT2D eigenvalue weighted by Gasteiger charge is -2.22. The molecule has 0 unspecified atom stereocenters. The van der Waals surface area contributed by atoms with E-state index in [0.717, 1.165) is 34.1 Å². The normalized spacial score (nSPS) is 11.5. The Balaban J connectivity index is 1.34. The van der Waals surface area contributed by atoms with E-state index >= 15 is 0 Å². The van der Waals surface area contributed by atoms with Crippen LogP contribution in [-0.4, -0.2) is 21.4 Å². The van der Waals surface area contributed by atoms with Gasteiger partial charge in [-0.1, -0.05) is 47.5 Å². The number of phenols is 1. The van der Waals surface area contributed by atoms with Crippen LogP contribution >= 0.6 is 23.2 Å². The van der Waals surface area contributed by atoms with E-state index in [1.807, 2.05) is 75.4 Å². The van der Waals surface area contributed by atoms with Crippen LogP contribution in [0.3, 0.4) is 0 Å². The highest BCUT2D eigenvalue weighted by Gasteiger charge is 2.26. The summed E-state index contributed by atoms with van der Waals surface area (Å²) in [4.78, 5) is 35.7. The quantitative estimate of drug-likeness (QED) is 0.104. The Labute approximate surface area is 314 Å². The van der Waals surface area contributed by atoms with Crippen LogP contribution in [0.1, 0.15) is 38.4 Å². The number of aldehydes is 1. The largest absolute Gasteiger partial charge is 0.507 e. The predicted molar refractivity (Wildman–Crippen MR) is 214 cm³/mol. The summed E-state index contributed by atoms with van der Waals surface area (Å²) < 4.78 is 6.79. The number of carbonyl (C=O) groups is 1. The number of hydrogen-bond donors (Lipinski definition) is 3. The summed E-state index contributed by atoms with van der Waals surface area (Å²) in [5, 5.41) is 21.9. The molecule has 1 aliphatic carbocycles. The molecule has 262 valence electrons. The number of aryl methyl sites for hydroxylation is 3. The first-order valence-electron chi connectivity index (χ1n) is 17.0. The number of carbonyl (C=O) groups excluding carboxylic acids is 1. The van der Waals surface area contributed by atoms with Gasteiger partial charge in [-0.2, -0.15) is 0 Å². The molecule has 0 bridgehead atoms. The molecule has 6 aromatic rings. The van der Waals surface area contributed by atoms with Gasteiger partial charge in [0, 0.05) is 57.3 Å². The molecule has 0 saturated heterocycles. The Morgan fingerprint density at radius 1 is 0.717 bits per heavy atom. The fraction of sp³-hybridized carbons (Fsp3) is 0.116. The number of pyridine rings is 2. The van der Waals surface area contributed by atoms with E-state index in [2.05, 4.69) is 10.6 Å². The Hall–Kier alpha value is -5.96. The maximum Gasteiger partial charge on any atom is 0.187 e. The van der Waals surface area contributed by atoms with Crippen LogP contribution in [0.2, 0.25) is 10.0 Å². The van der Waals surface area contributed by atoms with Gasteiger partial charge in [0.25, 0.3) is 0 Å². The lowest BCUT2D eigenvalue weighted by Crippen LogP contribution is -2.15. The molecule has 3 N–H and O–H groups in total. The van der Waals surface area contributed by atoms with Gasteiger partial charge in [-0.25, -0.2) is 0 Å². The summed E-state index contributed by atoms with van der Waals surface area (Å²) in [5.41, 5.74) is 8.53. The van der Waals surface area contributed by atoms with Crippen molar-refractivity contribution in [1.82, 2.24) is 9.97 Å². The van der Waals surface area contributed by atoms with Gasteiger partial charge in [-0.05, 0) is 98.6 Å². The minimum atomic E-state index is -0.241. The molecule has 0 radical (unpaired) electrons. The number of phenolic OH excluding ortho intramolecular Hbond substituents is 1. The zero-order chi connectivity index (χ0) is 37.0. The van der Waals surface area contributed by atoms with Gasteiger partial charge in [-0.15, -0.1) is 0 Å². The third kappa shape index (κ3) is 6.00. The van der Waals surface area contributed by atoms with E-state index in [-0.39, 0.29) is 24.3 Å². The molecular formula is C43H32Cl2N4O4. The highest BCUT2D eigenvalue weighted by atomic mass is 35.5. The van der Waals surface area contributed by atoms with Crippen LogP contribution in [0, 0.1) is 20.8 Å². The number of nitrogens with zero attached hydrogens (tertiary/aromatic N) is 2. The van der Waals surface area contributed by atoms with Crippen LogP contribution in [-0.2, 0) is 13.1 Å². The molecule has 8 nitrogen and oxygen atoms in total. The highest BCUT2D eigenvalue weighted by Crippen LogP contribution is 2.46. The van der Waals surface area contributed by atoms with Gasteiger partial charge >= 0.3 is 0 Å². The molecule has 3 heterocycles. The highest BCUT2D eigenvalue weighted by molar-refractivity contribution is 6.36. The van der Waals surface area contributed by atoms with Crippen molar-refractivity contribution in [2.75, 3.05) is 10.6 Å². The van der Waals surface area contributed by atoms with E-state index in [1.54, 1.807) is 30.3 Å². The molecule has 2 aromatic heterocycles. The lowest BCUT2D eigenvalue weighted by atomic mass is 9.88. The SMILES string of the molecule is Cc1ccc2c(Cl)ccc(NCc3c4oc5c(CNc6ccc(Cl)c7ccc(C)nc67)c(O)c(C)cc5c(-c5ccccc5C=O)c-4ccc3=O)c2n1. The molecule has 0 spiro atoms. The van der Waals surface area contributed by atoms with Crippen LogP contribution in [0.15, 0.2) is 100 Å². The second-order valence-corrected chi connectivity index (χ2v) is 13.9. The molecule has 8 rings (SSSR count). The third-order valence-corrected chi connectivity index (χ3v) is 10.3. The monoisotopic (exact) mass is 738 g/mol. The van der Waals surface area contributed by atoms with Gasteiger partial charge in [-0.3, -0.25) is 19.6 Å². The first kappa shape index (κ1) is 34.1. The Morgan fingerprint density at radius 3 is 1.94 bits per heavy atom. The van der Waals surface area contributed by atoms with Crippen molar-refractivity contribution in [3.05, 3.63) is 145 Å². The second kappa shape index (κ2) is 13.5. The zero-order valence-corrected chi connectivity index (χ0v) is 30.5. The Bertz CT molecular complexity index is 2820. The number of anilines is 2. The predicted octanol–water partition coefficient (Wildman–Crippen LogP) is 10.6. The van der Waals surface area contributed by atoms with Crippen LogP contribution in [0.25, 0.3) is 55.2 Å². The van der Waals surface area contributed by atoms with Gasteiger partial charge in [0.15, 0.2) is 11.7 Å². The molecule has 1 aliphatic heterocycles. The molecule has 0 amide bonds. The average molecular weight is 740 g/mol. The number of aromatic hydroxyl groups is 1. The van der Waals surface area contributed by atoms with Crippen molar-refractivity contribution in [3.8, 4) is 28.2 Å². The minimum Gasteiger partial charge on any atom is -0.507 e. The second-order valence-electron chi connectivity index (χ2n) is 13.1. The van der Waals surface area contributed by atoms with E-state index in [4.69, 9.17) is 37.6 Å². The molecular weight excluding hydrogens is 707 g/mol.